The Labute approximate surface area is 139 Å². The maximum absolute atomic E-state index is 12.4. The Hall–Kier alpha value is -2.63. The first-order valence-corrected chi connectivity index (χ1v) is 7.83. The van der Waals surface area contributed by atoms with Crippen LogP contribution in [0.15, 0.2) is 42.6 Å². The van der Waals surface area contributed by atoms with Crippen LogP contribution in [0.2, 0.25) is 0 Å². The van der Waals surface area contributed by atoms with Crippen molar-refractivity contribution < 1.29 is 14.2 Å². The van der Waals surface area contributed by atoms with E-state index in [4.69, 9.17) is 4.74 Å². The standard InChI is InChI=1S/C18H20FN3O2/c1-18(2,3)9-10-23-17-8-7-16-20-12-15(22(16)21-17)13-5-4-6-14(11-13)24-19/h4-8,11-12H,9-10H2,1-3H3. The minimum Gasteiger partial charge on any atom is -0.477 e. The van der Waals surface area contributed by atoms with Gasteiger partial charge in [-0.3, -0.25) is 4.94 Å². The van der Waals surface area contributed by atoms with Gasteiger partial charge in [0, 0.05) is 16.2 Å². The van der Waals surface area contributed by atoms with E-state index in [2.05, 4.69) is 35.8 Å². The van der Waals surface area contributed by atoms with Crippen LogP contribution >= 0.6 is 0 Å². The molecule has 1 aromatic carbocycles. The lowest BCUT2D eigenvalue weighted by Crippen LogP contribution is -2.12. The van der Waals surface area contributed by atoms with E-state index in [0.29, 0.717) is 18.1 Å². The Morgan fingerprint density at radius 3 is 2.75 bits per heavy atom. The molecule has 0 atom stereocenters. The van der Waals surface area contributed by atoms with Crippen LogP contribution in [0.3, 0.4) is 0 Å². The molecule has 0 saturated heterocycles. The molecule has 2 aromatic heterocycles. The molecule has 0 bridgehead atoms. The normalized spacial score (nSPS) is 11.7. The maximum atomic E-state index is 12.4. The molecule has 3 aromatic rings. The molecule has 24 heavy (non-hydrogen) atoms. The SMILES string of the molecule is CC(C)(C)CCOc1ccc2ncc(-c3cccc(OF)c3)n2n1. The van der Waals surface area contributed by atoms with Gasteiger partial charge in [0.15, 0.2) is 11.4 Å². The predicted octanol–water partition coefficient (Wildman–Crippen LogP) is 4.47. The van der Waals surface area contributed by atoms with Crippen molar-refractivity contribution in [1.29, 1.82) is 0 Å². The number of hydrogen-bond acceptors (Lipinski definition) is 4. The summed E-state index contributed by atoms with van der Waals surface area (Å²) in [6.07, 6.45) is 2.62. The second kappa shape index (κ2) is 6.47. The average Bonchev–Trinajstić information content (AvgIpc) is 2.97. The monoisotopic (exact) mass is 329 g/mol. The number of fused-ring (bicyclic) bond motifs is 1. The van der Waals surface area contributed by atoms with E-state index in [1.165, 1.54) is 0 Å². The third-order valence-electron chi connectivity index (χ3n) is 3.66. The minimum absolute atomic E-state index is 0.139. The van der Waals surface area contributed by atoms with Crippen LogP contribution in [-0.2, 0) is 0 Å². The zero-order valence-electron chi connectivity index (χ0n) is 14.0. The van der Waals surface area contributed by atoms with Crippen molar-refractivity contribution in [3.63, 3.8) is 0 Å². The van der Waals surface area contributed by atoms with Crippen LogP contribution in [0, 0.1) is 5.41 Å². The molecular weight excluding hydrogens is 309 g/mol. The van der Waals surface area contributed by atoms with Gasteiger partial charge in [-0.2, -0.15) is 0 Å². The first-order valence-electron chi connectivity index (χ1n) is 7.83. The van der Waals surface area contributed by atoms with Crippen LogP contribution in [0.4, 0.5) is 4.53 Å². The van der Waals surface area contributed by atoms with Gasteiger partial charge in [0.2, 0.25) is 5.88 Å². The van der Waals surface area contributed by atoms with Crippen molar-refractivity contribution in [3.8, 4) is 22.9 Å². The third-order valence-corrected chi connectivity index (χ3v) is 3.66. The number of halogens is 1. The molecule has 0 aliphatic carbocycles. The maximum Gasteiger partial charge on any atom is 0.231 e. The van der Waals surface area contributed by atoms with Gasteiger partial charge in [0.1, 0.15) is 0 Å². The first kappa shape index (κ1) is 16.2. The molecule has 0 saturated carbocycles. The van der Waals surface area contributed by atoms with E-state index in [1.54, 1.807) is 35.0 Å². The summed E-state index contributed by atoms with van der Waals surface area (Å²) < 4.78 is 19.8. The van der Waals surface area contributed by atoms with E-state index in [0.717, 1.165) is 17.7 Å². The molecule has 0 amide bonds. The lowest BCUT2D eigenvalue weighted by atomic mass is 9.93. The van der Waals surface area contributed by atoms with Crippen molar-refractivity contribution >= 4 is 5.65 Å². The van der Waals surface area contributed by atoms with Gasteiger partial charge in [-0.05, 0) is 30.0 Å². The number of hydrogen-bond donors (Lipinski definition) is 0. The molecule has 0 radical (unpaired) electrons. The lowest BCUT2D eigenvalue weighted by Gasteiger charge is -2.17. The van der Waals surface area contributed by atoms with Gasteiger partial charge >= 0.3 is 0 Å². The number of benzene rings is 1. The number of aromatic nitrogens is 3. The van der Waals surface area contributed by atoms with Gasteiger partial charge in [-0.25, -0.2) is 9.50 Å². The van der Waals surface area contributed by atoms with Crippen LogP contribution < -0.4 is 9.68 Å². The third kappa shape index (κ3) is 3.64. The van der Waals surface area contributed by atoms with Gasteiger partial charge < -0.3 is 4.74 Å². The van der Waals surface area contributed by atoms with Crippen LogP contribution in [0.1, 0.15) is 27.2 Å². The molecule has 0 unspecified atom stereocenters. The van der Waals surface area contributed by atoms with E-state index in [9.17, 15) is 4.53 Å². The number of rotatable bonds is 5. The smallest absolute Gasteiger partial charge is 0.231 e. The van der Waals surface area contributed by atoms with Crippen molar-refractivity contribution in [2.45, 2.75) is 27.2 Å². The molecule has 0 N–H and O–H groups in total. The molecule has 0 spiro atoms. The van der Waals surface area contributed by atoms with Crippen LogP contribution in [0.25, 0.3) is 16.9 Å². The van der Waals surface area contributed by atoms with E-state index in [1.807, 2.05) is 12.1 Å². The molecule has 2 heterocycles. The van der Waals surface area contributed by atoms with Crippen molar-refractivity contribution in [1.82, 2.24) is 14.6 Å². The van der Waals surface area contributed by atoms with E-state index < -0.39 is 0 Å². The van der Waals surface area contributed by atoms with Gasteiger partial charge in [-0.1, -0.05) is 32.9 Å². The largest absolute Gasteiger partial charge is 0.477 e. The Morgan fingerprint density at radius 2 is 2.00 bits per heavy atom. The summed E-state index contributed by atoms with van der Waals surface area (Å²) in [5.74, 6) is 0.670. The Balaban J connectivity index is 1.88. The summed E-state index contributed by atoms with van der Waals surface area (Å²) in [5, 5.41) is 4.48. The molecule has 126 valence electrons. The highest BCUT2D eigenvalue weighted by atomic mass is 19.3. The van der Waals surface area contributed by atoms with E-state index in [-0.39, 0.29) is 11.2 Å². The van der Waals surface area contributed by atoms with Crippen molar-refractivity contribution in [3.05, 3.63) is 42.6 Å². The predicted molar refractivity (Wildman–Crippen MR) is 89.7 cm³/mol. The van der Waals surface area contributed by atoms with Gasteiger partial charge in [-0.15, -0.1) is 5.10 Å². The fourth-order valence-corrected chi connectivity index (χ4v) is 2.30. The summed E-state index contributed by atoms with van der Waals surface area (Å²) in [7, 11) is 0. The quantitative estimate of drug-likeness (QED) is 0.693. The summed E-state index contributed by atoms with van der Waals surface area (Å²) in [4.78, 5) is 8.12. The Bertz CT molecular complexity index is 840. The number of ether oxygens (including phenoxy) is 1. The second-order valence-corrected chi connectivity index (χ2v) is 6.85. The molecule has 0 fully saturated rings. The fraction of sp³-hybridized carbons (Fsp3) is 0.333. The zero-order chi connectivity index (χ0) is 17.2. The number of nitrogens with zero attached hydrogens (tertiary/aromatic N) is 3. The molecule has 0 aliphatic heterocycles. The Kier molecular flexibility index (Phi) is 4.38. The van der Waals surface area contributed by atoms with E-state index >= 15 is 0 Å². The molecule has 3 rings (SSSR count). The minimum atomic E-state index is 0.139. The van der Waals surface area contributed by atoms with Crippen molar-refractivity contribution in [2.75, 3.05) is 6.61 Å². The van der Waals surface area contributed by atoms with Gasteiger partial charge in [0.05, 0.1) is 18.5 Å². The second-order valence-electron chi connectivity index (χ2n) is 6.85. The average molecular weight is 329 g/mol. The number of imidazole rings is 1. The summed E-state index contributed by atoms with van der Waals surface area (Å²) in [5.41, 5.74) is 2.40. The summed E-state index contributed by atoms with van der Waals surface area (Å²) in [6.45, 7) is 7.10. The summed E-state index contributed by atoms with van der Waals surface area (Å²) in [6, 6.07) is 10.3. The Morgan fingerprint density at radius 1 is 1.17 bits per heavy atom. The van der Waals surface area contributed by atoms with Crippen molar-refractivity contribution in [2.24, 2.45) is 5.41 Å². The lowest BCUT2D eigenvalue weighted by molar-refractivity contribution is -0.00614. The molecular formula is C18H20FN3O2. The first-order chi connectivity index (χ1) is 11.5. The molecule has 6 heteroatoms. The molecule has 0 aliphatic rings. The highest BCUT2D eigenvalue weighted by molar-refractivity contribution is 5.64. The molecule has 5 nitrogen and oxygen atoms in total. The zero-order valence-corrected chi connectivity index (χ0v) is 14.0. The highest BCUT2D eigenvalue weighted by Gasteiger charge is 2.12. The van der Waals surface area contributed by atoms with Gasteiger partial charge in [0.25, 0.3) is 0 Å². The summed E-state index contributed by atoms with van der Waals surface area (Å²) >= 11 is 0. The van der Waals surface area contributed by atoms with Crippen LogP contribution in [-0.4, -0.2) is 21.2 Å². The topological polar surface area (TPSA) is 48.7 Å². The van der Waals surface area contributed by atoms with Crippen LogP contribution in [0.5, 0.6) is 11.6 Å². The highest BCUT2D eigenvalue weighted by Crippen LogP contribution is 2.25. The fourth-order valence-electron chi connectivity index (χ4n) is 2.30.